The molecular formula is C9H16O2. The molecule has 0 aromatic heterocycles. The Hall–Kier alpha value is -0.340. The van der Waals surface area contributed by atoms with E-state index in [1.165, 1.54) is 6.42 Å². The third kappa shape index (κ3) is 3.54. The Balaban J connectivity index is 2.01. The fraction of sp³-hybridized carbons (Fsp3) is 0.778. The molecule has 1 unspecified atom stereocenters. The number of hydrogen-bond donors (Lipinski definition) is 1. The highest BCUT2D eigenvalue weighted by Crippen LogP contribution is 2.16. The Kier molecular flexibility index (Phi) is 4.24. The predicted molar refractivity (Wildman–Crippen MR) is 44.4 cm³/mol. The molecule has 0 spiro atoms. The molecule has 0 aliphatic carbocycles. The standard InChI is InChI=1S/C9H16O2/c10-6-3-1-2-4-9-5-7-11-8-9/h1-2,9-10H,3-8H2/b2-1-. The number of allylic oxidation sites excluding steroid dienone is 1. The van der Waals surface area contributed by atoms with Crippen LogP contribution in [-0.2, 0) is 4.74 Å². The molecule has 1 aliphatic rings. The first-order valence-corrected chi connectivity index (χ1v) is 4.27. The van der Waals surface area contributed by atoms with Crippen molar-refractivity contribution in [1.82, 2.24) is 0 Å². The van der Waals surface area contributed by atoms with Crippen molar-refractivity contribution in [3.63, 3.8) is 0 Å². The Labute approximate surface area is 67.9 Å². The number of ether oxygens (including phenoxy) is 1. The van der Waals surface area contributed by atoms with Gasteiger partial charge in [0.25, 0.3) is 0 Å². The van der Waals surface area contributed by atoms with Gasteiger partial charge in [0.15, 0.2) is 0 Å². The average Bonchev–Trinajstić information content (AvgIpc) is 2.50. The lowest BCUT2D eigenvalue weighted by Crippen LogP contribution is -1.95. The summed E-state index contributed by atoms with van der Waals surface area (Å²) < 4.78 is 5.23. The average molecular weight is 156 g/mol. The van der Waals surface area contributed by atoms with Gasteiger partial charge in [0.05, 0.1) is 0 Å². The molecule has 1 atom stereocenters. The summed E-state index contributed by atoms with van der Waals surface area (Å²) in [5.41, 5.74) is 0. The van der Waals surface area contributed by atoms with E-state index in [1.54, 1.807) is 0 Å². The van der Waals surface area contributed by atoms with Crippen LogP contribution in [0.4, 0.5) is 0 Å². The maximum Gasteiger partial charge on any atom is 0.0498 e. The van der Waals surface area contributed by atoms with Gasteiger partial charge in [0, 0.05) is 19.8 Å². The molecule has 0 saturated carbocycles. The molecule has 0 aromatic rings. The van der Waals surface area contributed by atoms with Crippen molar-refractivity contribution in [2.24, 2.45) is 5.92 Å². The minimum Gasteiger partial charge on any atom is -0.396 e. The molecule has 2 nitrogen and oxygen atoms in total. The molecule has 0 amide bonds. The molecule has 0 aromatic carbocycles. The summed E-state index contributed by atoms with van der Waals surface area (Å²) in [6.45, 7) is 2.11. The molecule has 0 radical (unpaired) electrons. The maximum atomic E-state index is 8.48. The molecule has 1 aliphatic heterocycles. The van der Waals surface area contributed by atoms with Crippen molar-refractivity contribution >= 4 is 0 Å². The lowest BCUT2D eigenvalue weighted by atomic mass is 10.1. The maximum absolute atomic E-state index is 8.48. The van der Waals surface area contributed by atoms with E-state index in [4.69, 9.17) is 9.84 Å². The predicted octanol–water partition coefficient (Wildman–Crippen LogP) is 1.35. The molecule has 1 N–H and O–H groups in total. The number of aliphatic hydroxyl groups is 1. The molecular weight excluding hydrogens is 140 g/mol. The first-order chi connectivity index (χ1) is 5.43. The van der Waals surface area contributed by atoms with Crippen molar-refractivity contribution in [1.29, 1.82) is 0 Å². The summed E-state index contributed by atoms with van der Waals surface area (Å²) in [5, 5.41) is 8.48. The minimum absolute atomic E-state index is 0.262. The van der Waals surface area contributed by atoms with Crippen molar-refractivity contribution in [3.05, 3.63) is 12.2 Å². The van der Waals surface area contributed by atoms with Crippen LogP contribution in [0.3, 0.4) is 0 Å². The van der Waals surface area contributed by atoms with Crippen molar-refractivity contribution < 1.29 is 9.84 Å². The zero-order valence-corrected chi connectivity index (χ0v) is 6.83. The van der Waals surface area contributed by atoms with Gasteiger partial charge in [-0.05, 0) is 25.2 Å². The topological polar surface area (TPSA) is 29.5 Å². The van der Waals surface area contributed by atoms with E-state index in [0.717, 1.165) is 32.0 Å². The van der Waals surface area contributed by atoms with Gasteiger partial charge in [-0.25, -0.2) is 0 Å². The second-order valence-corrected chi connectivity index (χ2v) is 2.95. The van der Waals surface area contributed by atoms with E-state index in [2.05, 4.69) is 6.08 Å². The van der Waals surface area contributed by atoms with Crippen LogP contribution in [0.15, 0.2) is 12.2 Å². The first-order valence-electron chi connectivity index (χ1n) is 4.27. The van der Waals surface area contributed by atoms with Gasteiger partial charge < -0.3 is 9.84 Å². The summed E-state index contributed by atoms with van der Waals surface area (Å²) in [4.78, 5) is 0. The second kappa shape index (κ2) is 5.33. The molecule has 1 heterocycles. The van der Waals surface area contributed by atoms with Gasteiger partial charge in [0.1, 0.15) is 0 Å². The lowest BCUT2D eigenvalue weighted by molar-refractivity contribution is 0.186. The largest absolute Gasteiger partial charge is 0.396 e. The Morgan fingerprint density at radius 1 is 1.45 bits per heavy atom. The van der Waals surface area contributed by atoms with E-state index in [1.807, 2.05) is 6.08 Å². The molecule has 1 fully saturated rings. The fourth-order valence-electron chi connectivity index (χ4n) is 1.25. The van der Waals surface area contributed by atoms with E-state index >= 15 is 0 Å². The van der Waals surface area contributed by atoms with Gasteiger partial charge in [-0.1, -0.05) is 12.2 Å². The van der Waals surface area contributed by atoms with E-state index in [0.29, 0.717) is 0 Å². The van der Waals surface area contributed by atoms with Crippen LogP contribution in [0, 0.1) is 5.92 Å². The highest BCUT2D eigenvalue weighted by Gasteiger charge is 2.12. The summed E-state index contributed by atoms with van der Waals surface area (Å²) in [7, 11) is 0. The van der Waals surface area contributed by atoms with Crippen LogP contribution in [0.25, 0.3) is 0 Å². The molecule has 0 bridgehead atoms. The van der Waals surface area contributed by atoms with Crippen molar-refractivity contribution in [2.75, 3.05) is 19.8 Å². The normalized spacial score (nSPS) is 25.0. The van der Waals surface area contributed by atoms with Gasteiger partial charge in [-0.2, -0.15) is 0 Å². The molecule has 11 heavy (non-hydrogen) atoms. The zero-order valence-electron chi connectivity index (χ0n) is 6.83. The Morgan fingerprint density at radius 3 is 3.00 bits per heavy atom. The van der Waals surface area contributed by atoms with Crippen LogP contribution in [-0.4, -0.2) is 24.9 Å². The van der Waals surface area contributed by atoms with Crippen LogP contribution < -0.4 is 0 Å². The Morgan fingerprint density at radius 2 is 2.36 bits per heavy atom. The van der Waals surface area contributed by atoms with Crippen LogP contribution in [0.5, 0.6) is 0 Å². The summed E-state index contributed by atoms with van der Waals surface area (Å²) in [5.74, 6) is 0.727. The zero-order chi connectivity index (χ0) is 7.94. The highest BCUT2D eigenvalue weighted by molar-refractivity contribution is 4.84. The van der Waals surface area contributed by atoms with E-state index in [9.17, 15) is 0 Å². The summed E-state index contributed by atoms with van der Waals surface area (Å²) >= 11 is 0. The van der Waals surface area contributed by atoms with E-state index < -0.39 is 0 Å². The minimum atomic E-state index is 0.262. The number of aliphatic hydroxyl groups excluding tert-OH is 1. The highest BCUT2D eigenvalue weighted by atomic mass is 16.5. The third-order valence-electron chi connectivity index (χ3n) is 1.96. The monoisotopic (exact) mass is 156 g/mol. The second-order valence-electron chi connectivity index (χ2n) is 2.95. The fourth-order valence-corrected chi connectivity index (χ4v) is 1.25. The molecule has 64 valence electrons. The summed E-state index contributed by atoms with van der Waals surface area (Å²) in [6.07, 6.45) is 7.28. The molecule has 1 rings (SSSR count). The van der Waals surface area contributed by atoms with Gasteiger partial charge >= 0.3 is 0 Å². The van der Waals surface area contributed by atoms with Crippen molar-refractivity contribution in [2.45, 2.75) is 19.3 Å². The smallest absolute Gasteiger partial charge is 0.0498 e. The first kappa shape index (κ1) is 8.75. The Bertz CT molecular complexity index is 115. The van der Waals surface area contributed by atoms with E-state index in [-0.39, 0.29) is 6.61 Å². The van der Waals surface area contributed by atoms with Crippen LogP contribution in [0.1, 0.15) is 19.3 Å². The van der Waals surface area contributed by atoms with Crippen molar-refractivity contribution in [3.8, 4) is 0 Å². The van der Waals surface area contributed by atoms with Gasteiger partial charge in [-0.15, -0.1) is 0 Å². The number of hydrogen-bond acceptors (Lipinski definition) is 2. The van der Waals surface area contributed by atoms with Crippen LogP contribution >= 0.6 is 0 Å². The SMILES string of the molecule is OCC/C=C\CC1CCOC1. The van der Waals surface area contributed by atoms with Gasteiger partial charge in [-0.3, -0.25) is 0 Å². The van der Waals surface area contributed by atoms with Gasteiger partial charge in [0.2, 0.25) is 0 Å². The van der Waals surface area contributed by atoms with Crippen LogP contribution in [0.2, 0.25) is 0 Å². The summed E-state index contributed by atoms with van der Waals surface area (Å²) in [6, 6.07) is 0. The lowest BCUT2D eigenvalue weighted by Gasteiger charge is -2.00. The number of rotatable bonds is 4. The third-order valence-corrected chi connectivity index (χ3v) is 1.96. The molecule has 1 saturated heterocycles. The molecule has 2 heteroatoms. The quantitative estimate of drug-likeness (QED) is 0.623.